The van der Waals surface area contributed by atoms with E-state index in [1.54, 1.807) is 26.0 Å². The summed E-state index contributed by atoms with van der Waals surface area (Å²) < 4.78 is 33.5. The Morgan fingerprint density at radius 1 is 1.15 bits per heavy atom. The number of ketones is 1. The molecule has 1 aliphatic heterocycles. The minimum absolute atomic E-state index is 0.00352. The summed E-state index contributed by atoms with van der Waals surface area (Å²) in [7, 11) is 0. The number of nitrogens with one attached hydrogen (secondary N) is 2. The van der Waals surface area contributed by atoms with Crippen LogP contribution in [-0.2, 0) is 4.79 Å². The highest BCUT2D eigenvalue weighted by Gasteiger charge is 2.36. The third kappa shape index (κ3) is 4.27. The Kier molecular flexibility index (Phi) is 5.59. The van der Waals surface area contributed by atoms with Crippen molar-refractivity contribution in [3.05, 3.63) is 71.1 Å². The summed E-state index contributed by atoms with van der Waals surface area (Å²) in [6, 6.07) is 6.42. The summed E-state index contributed by atoms with van der Waals surface area (Å²) >= 11 is 0. The largest absolute Gasteiger partial charge is 0.467 e. The normalized spacial score (nSPS) is 17.0. The first-order valence-corrected chi connectivity index (χ1v) is 9.87. The van der Waals surface area contributed by atoms with Gasteiger partial charge in [-0.3, -0.25) is 19.4 Å². The van der Waals surface area contributed by atoms with Crippen molar-refractivity contribution in [3.63, 3.8) is 0 Å². The molecule has 0 aliphatic carbocycles. The molecule has 0 spiro atoms. The summed E-state index contributed by atoms with van der Waals surface area (Å²) in [6.45, 7) is 3.39. The lowest BCUT2D eigenvalue weighted by atomic mass is 9.93. The molecule has 33 heavy (non-hydrogen) atoms. The quantitative estimate of drug-likeness (QED) is 0.574. The highest BCUT2D eigenvalue weighted by molar-refractivity contribution is 6.04. The van der Waals surface area contributed by atoms with Gasteiger partial charge in [-0.05, 0) is 43.7 Å². The number of benzene rings is 2. The van der Waals surface area contributed by atoms with Crippen molar-refractivity contribution < 1.29 is 27.9 Å². The SMILES string of the molecule is Cc1cc2c(cc1-c1cnc(NC(=O)c3c(F)cccc3F)cn1)OC(C)(NC=O)CC2=O. The predicted molar refractivity (Wildman–Crippen MR) is 114 cm³/mol. The lowest BCUT2D eigenvalue weighted by Crippen LogP contribution is -2.50. The molecule has 1 aliphatic rings. The Hall–Kier alpha value is -4.21. The number of aryl methyl sites for hydroxylation is 1. The first-order chi connectivity index (χ1) is 15.7. The average molecular weight is 452 g/mol. The van der Waals surface area contributed by atoms with Crippen LogP contribution in [0.5, 0.6) is 5.75 Å². The van der Waals surface area contributed by atoms with Gasteiger partial charge in [-0.25, -0.2) is 13.8 Å². The average Bonchev–Trinajstić information content (AvgIpc) is 2.74. The Morgan fingerprint density at radius 2 is 1.88 bits per heavy atom. The van der Waals surface area contributed by atoms with Crippen molar-refractivity contribution in [3.8, 4) is 17.0 Å². The van der Waals surface area contributed by atoms with Gasteiger partial charge in [0.25, 0.3) is 5.91 Å². The molecule has 0 saturated carbocycles. The Morgan fingerprint density at radius 3 is 2.52 bits per heavy atom. The molecule has 1 atom stereocenters. The number of halogens is 2. The molecule has 168 valence electrons. The molecular formula is C23H18F2N4O4. The fraction of sp³-hybridized carbons (Fsp3) is 0.174. The molecule has 0 fully saturated rings. The van der Waals surface area contributed by atoms with Crippen molar-refractivity contribution in [2.24, 2.45) is 0 Å². The number of fused-ring (bicyclic) bond motifs is 1. The number of ether oxygens (including phenoxy) is 1. The van der Waals surface area contributed by atoms with Gasteiger partial charge in [0, 0.05) is 5.56 Å². The van der Waals surface area contributed by atoms with Crippen molar-refractivity contribution in [2.45, 2.75) is 26.0 Å². The monoisotopic (exact) mass is 452 g/mol. The number of carbonyl (C=O) groups is 3. The van der Waals surface area contributed by atoms with Crippen molar-refractivity contribution in [1.82, 2.24) is 15.3 Å². The molecule has 8 nitrogen and oxygen atoms in total. The van der Waals surface area contributed by atoms with Crippen LogP contribution in [0.3, 0.4) is 0 Å². The topological polar surface area (TPSA) is 110 Å². The number of amides is 2. The van der Waals surface area contributed by atoms with Gasteiger partial charge < -0.3 is 15.4 Å². The lowest BCUT2D eigenvalue weighted by Gasteiger charge is -2.34. The number of anilines is 1. The second kappa shape index (κ2) is 8.38. The van der Waals surface area contributed by atoms with Crippen molar-refractivity contribution in [1.29, 1.82) is 0 Å². The fourth-order valence-corrected chi connectivity index (χ4v) is 3.58. The molecule has 2 amide bonds. The van der Waals surface area contributed by atoms with Gasteiger partial charge in [0.2, 0.25) is 6.41 Å². The van der Waals surface area contributed by atoms with Crippen molar-refractivity contribution in [2.75, 3.05) is 5.32 Å². The van der Waals surface area contributed by atoms with Crippen molar-refractivity contribution >= 4 is 23.9 Å². The second-order valence-corrected chi connectivity index (χ2v) is 7.70. The van der Waals surface area contributed by atoms with Gasteiger partial charge in [-0.2, -0.15) is 0 Å². The van der Waals surface area contributed by atoms with E-state index >= 15 is 0 Å². The predicted octanol–water partition coefficient (Wildman–Crippen LogP) is 3.41. The van der Waals surface area contributed by atoms with Crippen LogP contribution in [0.25, 0.3) is 11.3 Å². The number of aromatic nitrogens is 2. The maximum absolute atomic E-state index is 13.8. The zero-order chi connectivity index (χ0) is 23.8. The van der Waals surface area contributed by atoms with Gasteiger partial charge >= 0.3 is 0 Å². The van der Waals surface area contributed by atoms with E-state index in [4.69, 9.17) is 4.74 Å². The highest BCUT2D eigenvalue weighted by Crippen LogP contribution is 2.36. The zero-order valence-electron chi connectivity index (χ0n) is 17.6. The highest BCUT2D eigenvalue weighted by atomic mass is 19.1. The molecule has 1 unspecified atom stereocenters. The van der Waals surface area contributed by atoms with E-state index in [-0.39, 0.29) is 23.8 Å². The van der Waals surface area contributed by atoms with E-state index in [1.807, 2.05) is 0 Å². The van der Waals surface area contributed by atoms with E-state index in [2.05, 4.69) is 20.6 Å². The molecule has 0 saturated heterocycles. The van der Waals surface area contributed by atoms with Gasteiger partial charge in [0.15, 0.2) is 17.3 Å². The number of carbonyl (C=O) groups excluding carboxylic acids is 3. The molecule has 2 N–H and O–H groups in total. The molecule has 2 heterocycles. The minimum atomic E-state index is -1.17. The van der Waals surface area contributed by atoms with E-state index in [1.165, 1.54) is 12.4 Å². The van der Waals surface area contributed by atoms with E-state index < -0.39 is 28.8 Å². The maximum Gasteiger partial charge on any atom is 0.262 e. The Labute approximate surface area is 187 Å². The van der Waals surface area contributed by atoms with E-state index in [0.29, 0.717) is 23.2 Å². The number of hydrogen-bond donors (Lipinski definition) is 2. The minimum Gasteiger partial charge on any atom is -0.467 e. The smallest absolute Gasteiger partial charge is 0.262 e. The molecule has 0 bridgehead atoms. The lowest BCUT2D eigenvalue weighted by molar-refractivity contribution is -0.114. The van der Waals surface area contributed by atoms with Crippen LogP contribution in [0.2, 0.25) is 0 Å². The van der Waals surface area contributed by atoms with Crippen LogP contribution in [0.4, 0.5) is 14.6 Å². The van der Waals surface area contributed by atoms with E-state index in [9.17, 15) is 23.2 Å². The number of nitrogens with zero attached hydrogens (tertiary/aromatic N) is 2. The number of hydrogen-bond acceptors (Lipinski definition) is 6. The maximum atomic E-state index is 13.8. The molecule has 0 radical (unpaired) electrons. The second-order valence-electron chi connectivity index (χ2n) is 7.70. The standard InChI is InChI=1S/C23H18F2N4O4/c1-12-6-14-18(31)8-23(2,28-11-30)33-19(14)7-13(12)17-9-27-20(10-26-17)29-22(32)21-15(24)4-3-5-16(21)25/h3-7,9-11H,8H2,1-2H3,(H,28,30)(H,27,29,32). The zero-order valence-corrected chi connectivity index (χ0v) is 17.6. The van der Waals surface area contributed by atoms with Crippen LogP contribution >= 0.6 is 0 Å². The molecule has 2 aromatic carbocycles. The first kappa shape index (κ1) is 22.0. The molecular weight excluding hydrogens is 434 g/mol. The first-order valence-electron chi connectivity index (χ1n) is 9.87. The van der Waals surface area contributed by atoms with Gasteiger partial charge in [0.1, 0.15) is 22.9 Å². The van der Waals surface area contributed by atoms with Crippen LogP contribution in [-0.4, -0.2) is 33.8 Å². The number of rotatable bonds is 5. The number of Topliss-reactive ketones (excluding diaryl/α,β-unsaturated/α-hetero) is 1. The fourth-order valence-electron chi connectivity index (χ4n) is 3.58. The van der Waals surface area contributed by atoms with Gasteiger partial charge in [-0.15, -0.1) is 0 Å². The van der Waals surface area contributed by atoms with Gasteiger partial charge in [0.05, 0.1) is 30.1 Å². The summed E-state index contributed by atoms with van der Waals surface area (Å²) in [4.78, 5) is 44.0. The Bertz CT molecular complexity index is 1260. The molecule has 10 heteroatoms. The third-order valence-corrected chi connectivity index (χ3v) is 5.18. The molecule has 4 rings (SSSR count). The van der Waals surface area contributed by atoms with Crippen LogP contribution in [0.15, 0.2) is 42.7 Å². The summed E-state index contributed by atoms with van der Waals surface area (Å²) in [6.07, 6.45) is 3.08. The van der Waals surface area contributed by atoms with Crippen LogP contribution in [0, 0.1) is 18.6 Å². The summed E-state index contributed by atoms with van der Waals surface area (Å²) in [5, 5.41) is 4.82. The van der Waals surface area contributed by atoms with E-state index in [0.717, 1.165) is 23.8 Å². The van der Waals surface area contributed by atoms with Crippen LogP contribution in [0.1, 0.15) is 39.6 Å². The van der Waals surface area contributed by atoms with Gasteiger partial charge in [-0.1, -0.05) is 6.07 Å². The Balaban J connectivity index is 1.60. The summed E-state index contributed by atoms with van der Waals surface area (Å²) in [5.74, 6) is -2.87. The molecule has 1 aromatic heterocycles. The third-order valence-electron chi connectivity index (χ3n) is 5.18. The van der Waals surface area contributed by atoms with Crippen LogP contribution < -0.4 is 15.4 Å². The summed E-state index contributed by atoms with van der Waals surface area (Å²) in [5.41, 5.74) is 0.268. The molecule has 3 aromatic rings.